The van der Waals surface area contributed by atoms with Crippen molar-refractivity contribution in [3.05, 3.63) is 42.1 Å². The normalized spacial score (nSPS) is 10.7. The maximum atomic E-state index is 11.9. The number of methoxy groups -OCH3 is 2. The van der Waals surface area contributed by atoms with Crippen molar-refractivity contribution >= 4 is 29.0 Å². The van der Waals surface area contributed by atoms with Crippen molar-refractivity contribution in [3.8, 4) is 22.8 Å². The minimum Gasteiger partial charge on any atom is -0.493 e. The van der Waals surface area contributed by atoms with Gasteiger partial charge in [0.15, 0.2) is 11.5 Å². The van der Waals surface area contributed by atoms with E-state index in [2.05, 4.69) is 10.3 Å². The maximum Gasteiger partial charge on any atom is 0.240 e. The minimum absolute atomic E-state index is 0.134. The Hall–Kier alpha value is -2.73. The van der Waals surface area contributed by atoms with Crippen molar-refractivity contribution in [1.29, 1.82) is 0 Å². The van der Waals surface area contributed by atoms with Gasteiger partial charge in [0, 0.05) is 11.8 Å². The average molecular weight is 360 g/mol. The van der Waals surface area contributed by atoms with E-state index in [4.69, 9.17) is 21.1 Å². The largest absolute Gasteiger partial charge is 0.493 e. The predicted octanol–water partition coefficient (Wildman–Crippen LogP) is 3.50. The molecule has 0 aliphatic carbocycles. The number of carbonyl (C=O) groups excluding carboxylic acids is 1. The van der Waals surface area contributed by atoms with Gasteiger partial charge in [-0.25, -0.2) is 4.98 Å². The van der Waals surface area contributed by atoms with E-state index >= 15 is 0 Å². The molecule has 130 valence electrons. The van der Waals surface area contributed by atoms with Gasteiger partial charge in [0.05, 0.1) is 14.2 Å². The number of anilines is 1. The number of carbonyl (C=O) groups is 1. The summed E-state index contributed by atoms with van der Waals surface area (Å²) in [6, 6.07) is 9.39. The molecule has 0 aliphatic heterocycles. The molecule has 0 saturated carbocycles. The maximum absolute atomic E-state index is 11.9. The Bertz CT molecular complexity index is 937. The quantitative estimate of drug-likeness (QED) is 0.708. The molecule has 0 fully saturated rings. The molecule has 2 aromatic heterocycles. The van der Waals surface area contributed by atoms with E-state index in [1.807, 2.05) is 41.8 Å². The molecule has 1 N–H and O–H groups in total. The van der Waals surface area contributed by atoms with Crippen LogP contribution in [0.1, 0.15) is 5.56 Å². The first-order valence-corrected chi connectivity index (χ1v) is 8.17. The number of aryl methyl sites for hydroxylation is 1. The number of nitrogens with one attached hydrogen (secondary N) is 1. The molecule has 0 aliphatic rings. The zero-order valence-corrected chi connectivity index (χ0v) is 14.9. The Balaban J connectivity index is 2.20. The van der Waals surface area contributed by atoms with Crippen LogP contribution in [0.15, 0.2) is 36.5 Å². The molecule has 0 bridgehead atoms. The number of nitrogens with zero attached hydrogens (tertiary/aromatic N) is 2. The fourth-order valence-electron chi connectivity index (χ4n) is 2.62. The number of hydrogen-bond acceptors (Lipinski definition) is 4. The lowest BCUT2D eigenvalue weighted by Gasteiger charge is -2.10. The van der Waals surface area contributed by atoms with Crippen molar-refractivity contribution in [2.75, 3.05) is 25.4 Å². The summed E-state index contributed by atoms with van der Waals surface area (Å²) in [5, 5.41) is 2.82. The van der Waals surface area contributed by atoms with Gasteiger partial charge in [-0.3, -0.25) is 9.20 Å². The van der Waals surface area contributed by atoms with Crippen LogP contribution in [0.5, 0.6) is 11.5 Å². The first kappa shape index (κ1) is 17.1. The molecule has 0 radical (unpaired) electrons. The topological polar surface area (TPSA) is 64.9 Å². The Morgan fingerprint density at radius 1 is 1.20 bits per heavy atom. The molecular weight excluding hydrogens is 342 g/mol. The van der Waals surface area contributed by atoms with E-state index in [1.165, 1.54) is 0 Å². The number of pyridine rings is 1. The molecule has 0 saturated heterocycles. The Kier molecular flexibility index (Phi) is 4.81. The van der Waals surface area contributed by atoms with Crippen LogP contribution in [0.25, 0.3) is 16.9 Å². The lowest BCUT2D eigenvalue weighted by molar-refractivity contribution is -0.113. The number of ether oxygens (including phenoxy) is 2. The summed E-state index contributed by atoms with van der Waals surface area (Å²) in [5.74, 6) is 1.34. The lowest BCUT2D eigenvalue weighted by Crippen LogP contribution is -2.14. The van der Waals surface area contributed by atoms with Gasteiger partial charge in [-0.15, -0.1) is 11.6 Å². The summed E-state index contributed by atoms with van der Waals surface area (Å²) in [6.07, 6.45) is 1.87. The second-order valence-corrected chi connectivity index (χ2v) is 5.76. The third kappa shape index (κ3) is 3.25. The van der Waals surface area contributed by atoms with Crippen LogP contribution < -0.4 is 14.8 Å². The van der Waals surface area contributed by atoms with Gasteiger partial charge in [0.1, 0.15) is 23.0 Å². The molecule has 6 nitrogen and oxygen atoms in total. The molecule has 25 heavy (non-hydrogen) atoms. The van der Waals surface area contributed by atoms with Gasteiger partial charge < -0.3 is 14.8 Å². The molecule has 7 heteroatoms. The highest BCUT2D eigenvalue weighted by molar-refractivity contribution is 6.29. The van der Waals surface area contributed by atoms with E-state index in [0.717, 1.165) is 16.8 Å². The fraction of sp³-hybridized carbons (Fsp3) is 0.222. The Labute approximate surface area is 150 Å². The molecule has 1 amide bonds. The standard InChI is InChI=1S/C18H18ClN3O3/c1-11-6-7-22-15(8-11)20-17(18(22)21-16(23)10-19)12-4-5-13(24-2)14(9-12)25-3/h4-9H,10H2,1-3H3,(H,21,23). The van der Waals surface area contributed by atoms with Crippen molar-refractivity contribution in [1.82, 2.24) is 9.38 Å². The first-order valence-electron chi connectivity index (χ1n) is 7.64. The zero-order chi connectivity index (χ0) is 18.0. The van der Waals surface area contributed by atoms with Gasteiger partial charge in [-0.05, 0) is 42.8 Å². The highest BCUT2D eigenvalue weighted by Gasteiger charge is 2.18. The Morgan fingerprint density at radius 2 is 1.96 bits per heavy atom. The van der Waals surface area contributed by atoms with Crippen molar-refractivity contribution in [3.63, 3.8) is 0 Å². The highest BCUT2D eigenvalue weighted by Crippen LogP contribution is 2.35. The van der Waals surface area contributed by atoms with Gasteiger partial charge in [0.25, 0.3) is 0 Å². The monoisotopic (exact) mass is 359 g/mol. The summed E-state index contributed by atoms with van der Waals surface area (Å²) in [6.45, 7) is 1.99. The van der Waals surface area contributed by atoms with E-state index in [1.54, 1.807) is 20.3 Å². The van der Waals surface area contributed by atoms with E-state index in [9.17, 15) is 4.79 Å². The van der Waals surface area contributed by atoms with Crippen molar-refractivity contribution in [2.45, 2.75) is 6.92 Å². The minimum atomic E-state index is -0.300. The number of fused-ring (bicyclic) bond motifs is 1. The van der Waals surface area contributed by atoms with Crippen LogP contribution in [0.3, 0.4) is 0 Å². The summed E-state index contributed by atoms with van der Waals surface area (Å²) >= 11 is 5.65. The number of halogens is 1. The molecule has 0 atom stereocenters. The molecular formula is C18H18ClN3O3. The summed E-state index contributed by atoms with van der Waals surface area (Å²) in [4.78, 5) is 16.5. The molecule has 2 heterocycles. The van der Waals surface area contributed by atoms with Crippen LogP contribution in [0.4, 0.5) is 5.82 Å². The molecule has 0 spiro atoms. The van der Waals surface area contributed by atoms with E-state index in [0.29, 0.717) is 23.0 Å². The second kappa shape index (κ2) is 7.03. The number of rotatable bonds is 5. The second-order valence-electron chi connectivity index (χ2n) is 5.49. The van der Waals surface area contributed by atoms with E-state index < -0.39 is 0 Å². The number of alkyl halides is 1. The third-order valence-corrected chi connectivity index (χ3v) is 4.06. The molecule has 1 aromatic carbocycles. The summed E-state index contributed by atoms with van der Waals surface area (Å²) in [5.41, 5.74) is 3.23. The number of aromatic nitrogens is 2. The van der Waals surface area contributed by atoms with Crippen LogP contribution in [-0.4, -0.2) is 35.4 Å². The number of imidazole rings is 1. The van der Waals surface area contributed by atoms with Gasteiger partial charge in [-0.1, -0.05) is 0 Å². The van der Waals surface area contributed by atoms with Crippen molar-refractivity contribution < 1.29 is 14.3 Å². The first-order chi connectivity index (χ1) is 12.1. The van der Waals surface area contributed by atoms with Gasteiger partial charge in [-0.2, -0.15) is 0 Å². The summed E-state index contributed by atoms with van der Waals surface area (Å²) in [7, 11) is 3.15. The van der Waals surface area contributed by atoms with Gasteiger partial charge in [0.2, 0.25) is 5.91 Å². The molecule has 3 aromatic rings. The smallest absolute Gasteiger partial charge is 0.240 e. The number of benzene rings is 1. The highest BCUT2D eigenvalue weighted by atomic mass is 35.5. The van der Waals surface area contributed by atoms with Crippen LogP contribution in [0.2, 0.25) is 0 Å². The van der Waals surface area contributed by atoms with Crippen molar-refractivity contribution in [2.24, 2.45) is 0 Å². The van der Waals surface area contributed by atoms with Crippen LogP contribution in [-0.2, 0) is 4.79 Å². The Morgan fingerprint density at radius 3 is 2.64 bits per heavy atom. The fourth-order valence-corrected chi connectivity index (χ4v) is 2.68. The number of amides is 1. The van der Waals surface area contributed by atoms with E-state index in [-0.39, 0.29) is 11.8 Å². The van der Waals surface area contributed by atoms with Gasteiger partial charge >= 0.3 is 0 Å². The molecule has 0 unspecified atom stereocenters. The van der Waals surface area contributed by atoms with Crippen LogP contribution in [0, 0.1) is 6.92 Å². The predicted molar refractivity (Wildman–Crippen MR) is 97.8 cm³/mol. The average Bonchev–Trinajstić information content (AvgIpc) is 2.98. The SMILES string of the molecule is COc1ccc(-c2nc3cc(C)ccn3c2NC(=O)CCl)cc1OC. The molecule has 3 rings (SSSR count). The van der Waals surface area contributed by atoms with Crippen LogP contribution >= 0.6 is 11.6 Å². The third-order valence-electron chi connectivity index (χ3n) is 3.82. The lowest BCUT2D eigenvalue weighted by atomic mass is 10.1. The number of hydrogen-bond donors (Lipinski definition) is 1. The zero-order valence-electron chi connectivity index (χ0n) is 14.2. The summed E-state index contributed by atoms with van der Waals surface area (Å²) < 4.78 is 12.5.